The molecule has 25 heavy (non-hydrogen) atoms. The van der Waals surface area contributed by atoms with Crippen LogP contribution in [0.15, 0.2) is 36.7 Å². The Bertz CT molecular complexity index is 500. The smallest absolute Gasteiger partial charge is 0.173 e. The molecule has 0 saturated heterocycles. The normalized spacial score (nSPS) is 14.6. The van der Waals surface area contributed by atoms with Gasteiger partial charge in [-0.25, -0.2) is 0 Å². The molecule has 0 atom stereocenters. The fraction of sp³-hybridized carbons (Fsp3) is 0.529. The van der Waals surface area contributed by atoms with Crippen molar-refractivity contribution in [3.63, 3.8) is 0 Å². The van der Waals surface area contributed by atoms with Crippen LogP contribution in [0, 0.1) is 0 Å². The van der Waals surface area contributed by atoms with Crippen molar-refractivity contribution >= 4 is 11.4 Å². The standard InChI is InChI=1S/C17H32N8/c1-23-13-14-24(2)17(23)22-21-16-5-3-15(4-6-16)20-9-12-25(10-7-18)11-8-19/h3-6,13-14,17,20-22H,7-12,18-19H2,1-2H3. The summed E-state index contributed by atoms with van der Waals surface area (Å²) in [7, 11) is 4.07. The van der Waals surface area contributed by atoms with E-state index in [0.29, 0.717) is 13.1 Å². The van der Waals surface area contributed by atoms with Crippen molar-refractivity contribution in [2.24, 2.45) is 11.5 Å². The summed E-state index contributed by atoms with van der Waals surface area (Å²) >= 11 is 0. The van der Waals surface area contributed by atoms with Gasteiger partial charge in [-0.15, -0.1) is 0 Å². The van der Waals surface area contributed by atoms with Crippen LogP contribution in [-0.4, -0.2) is 74.4 Å². The molecule has 0 aliphatic carbocycles. The van der Waals surface area contributed by atoms with E-state index in [4.69, 9.17) is 11.5 Å². The van der Waals surface area contributed by atoms with E-state index in [-0.39, 0.29) is 6.29 Å². The topological polar surface area (TPSA) is 97.8 Å². The van der Waals surface area contributed by atoms with Crippen LogP contribution in [0.4, 0.5) is 11.4 Å². The Hall–Kier alpha value is -2.00. The van der Waals surface area contributed by atoms with E-state index in [1.807, 2.05) is 26.5 Å². The number of nitrogens with one attached hydrogen (secondary N) is 3. The molecule has 1 aliphatic rings. The minimum Gasteiger partial charge on any atom is -0.384 e. The molecule has 0 amide bonds. The average molecular weight is 348 g/mol. The summed E-state index contributed by atoms with van der Waals surface area (Å²) in [6.07, 6.45) is 4.17. The molecule has 8 heteroatoms. The second-order valence-electron chi connectivity index (χ2n) is 6.20. The maximum atomic E-state index is 5.62. The van der Waals surface area contributed by atoms with Gasteiger partial charge in [-0.1, -0.05) is 0 Å². The van der Waals surface area contributed by atoms with E-state index < -0.39 is 0 Å². The third-order valence-corrected chi connectivity index (χ3v) is 4.19. The maximum Gasteiger partial charge on any atom is 0.173 e. The second-order valence-corrected chi connectivity index (χ2v) is 6.20. The molecule has 0 radical (unpaired) electrons. The van der Waals surface area contributed by atoms with Crippen molar-refractivity contribution in [3.05, 3.63) is 36.7 Å². The van der Waals surface area contributed by atoms with Gasteiger partial charge in [0.15, 0.2) is 6.29 Å². The molecule has 0 spiro atoms. The fourth-order valence-corrected chi connectivity index (χ4v) is 2.74. The fourth-order valence-electron chi connectivity index (χ4n) is 2.74. The van der Waals surface area contributed by atoms with Crippen molar-refractivity contribution in [1.29, 1.82) is 0 Å². The largest absolute Gasteiger partial charge is 0.384 e. The van der Waals surface area contributed by atoms with E-state index >= 15 is 0 Å². The van der Waals surface area contributed by atoms with Crippen LogP contribution in [-0.2, 0) is 0 Å². The van der Waals surface area contributed by atoms with E-state index in [9.17, 15) is 0 Å². The van der Waals surface area contributed by atoms with Crippen LogP contribution in [0.25, 0.3) is 0 Å². The summed E-state index contributed by atoms with van der Waals surface area (Å²) in [5, 5.41) is 3.43. The minimum absolute atomic E-state index is 0.105. The Morgan fingerprint density at radius 1 is 0.920 bits per heavy atom. The zero-order valence-electron chi connectivity index (χ0n) is 15.3. The predicted octanol–water partition coefficient (Wildman–Crippen LogP) is -0.134. The first kappa shape index (κ1) is 19.3. The highest BCUT2D eigenvalue weighted by molar-refractivity contribution is 5.53. The van der Waals surface area contributed by atoms with Gasteiger partial charge in [0.25, 0.3) is 0 Å². The highest BCUT2D eigenvalue weighted by atomic mass is 15.6. The van der Waals surface area contributed by atoms with Gasteiger partial charge >= 0.3 is 0 Å². The van der Waals surface area contributed by atoms with Crippen molar-refractivity contribution < 1.29 is 0 Å². The Kier molecular flexibility index (Phi) is 7.80. The van der Waals surface area contributed by atoms with Gasteiger partial charge < -0.3 is 32.0 Å². The van der Waals surface area contributed by atoms with Gasteiger partial charge in [0.2, 0.25) is 0 Å². The molecule has 1 heterocycles. The molecular weight excluding hydrogens is 316 g/mol. The lowest BCUT2D eigenvalue weighted by molar-refractivity contribution is 0.173. The van der Waals surface area contributed by atoms with Gasteiger partial charge in [-0.05, 0) is 24.3 Å². The molecule has 8 nitrogen and oxygen atoms in total. The number of hydrogen-bond acceptors (Lipinski definition) is 8. The quantitative estimate of drug-likeness (QED) is 0.353. The van der Waals surface area contributed by atoms with Crippen LogP contribution in [0.3, 0.4) is 0 Å². The van der Waals surface area contributed by atoms with Crippen LogP contribution in [0.1, 0.15) is 0 Å². The number of hydrogen-bond donors (Lipinski definition) is 5. The second kappa shape index (κ2) is 10.1. The Balaban J connectivity index is 1.72. The molecule has 0 unspecified atom stereocenters. The van der Waals surface area contributed by atoms with Crippen LogP contribution in [0.2, 0.25) is 0 Å². The first-order chi connectivity index (χ1) is 12.1. The van der Waals surface area contributed by atoms with Crippen LogP contribution in [0.5, 0.6) is 0 Å². The summed E-state index contributed by atoms with van der Waals surface area (Å²) in [5.74, 6) is 0. The number of nitrogens with two attached hydrogens (primary N) is 2. The molecule has 1 aromatic rings. The maximum absolute atomic E-state index is 5.62. The molecular formula is C17H32N8. The Labute approximate surface area is 150 Å². The van der Waals surface area contributed by atoms with Crippen molar-refractivity contribution in [2.75, 3.05) is 64.1 Å². The Morgan fingerprint density at radius 3 is 2.04 bits per heavy atom. The molecule has 1 aliphatic heterocycles. The van der Waals surface area contributed by atoms with Crippen LogP contribution >= 0.6 is 0 Å². The van der Waals surface area contributed by atoms with Gasteiger partial charge in [-0.3, -0.25) is 4.90 Å². The van der Waals surface area contributed by atoms with Crippen molar-refractivity contribution in [1.82, 2.24) is 20.1 Å². The molecule has 0 aromatic heterocycles. The predicted molar refractivity (Wildman–Crippen MR) is 105 cm³/mol. The van der Waals surface area contributed by atoms with Gasteiger partial charge in [0, 0.05) is 77.1 Å². The number of benzene rings is 1. The molecule has 1 aromatic carbocycles. The highest BCUT2D eigenvalue weighted by Gasteiger charge is 2.19. The minimum atomic E-state index is 0.105. The summed E-state index contributed by atoms with van der Waals surface area (Å²) < 4.78 is 0. The monoisotopic (exact) mass is 348 g/mol. The van der Waals surface area contributed by atoms with Gasteiger partial charge in [-0.2, -0.15) is 5.43 Å². The molecule has 7 N–H and O–H groups in total. The third kappa shape index (κ3) is 6.09. The number of rotatable bonds is 11. The van der Waals surface area contributed by atoms with E-state index in [1.54, 1.807) is 0 Å². The lowest BCUT2D eigenvalue weighted by atomic mass is 10.3. The first-order valence-corrected chi connectivity index (χ1v) is 8.74. The lowest BCUT2D eigenvalue weighted by Crippen LogP contribution is -2.49. The molecule has 0 bridgehead atoms. The molecule has 2 rings (SSSR count). The van der Waals surface area contributed by atoms with E-state index in [1.165, 1.54) is 0 Å². The molecule has 0 saturated carbocycles. The first-order valence-electron chi connectivity index (χ1n) is 8.74. The highest BCUT2D eigenvalue weighted by Crippen LogP contribution is 2.14. The molecule has 0 fully saturated rings. The van der Waals surface area contributed by atoms with Gasteiger partial charge in [0.05, 0.1) is 0 Å². The van der Waals surface area contributed by atoms with Gasteiger partial charge in [0.1, 0.15) is 0 Å². The zero-order valence-corrected chi connectivity index (χ0v) is 15.3. The summed E-state index contributed by atoms with van der Waals surface area (Å²) in [6, 6.07) is 8.24. The summed E-state index contributed by atoms with van der Waals surface area (Å²) in [6.45, 7) is 4.89. The van der Waals surface area contributed by atoms with Crippen molar-refractivity contribution in [2.45, 2.75) is 6.29 Å². The average Bonchev–Trinajstić information content (AvgIpc) is 2.93. The summed E-state index contributed by atoms with van der Waals surface area (Å²) in [5.41, 5.74) is 19.9. The van der Waals surface area contributed by atoms with E-state index in [0.717, 1.165) is 37.6 Å². The zero-order chi connectivity index (χ0) is 18.1. The lowest BCUT2D eigenvalue weighted by Gasteiger charge is -2.28. The number of nitrogens with zero attached hydrogens (tertiary/aromatic N) is 3. The third-order valence-electron chi connectivity index (χ3n) is 4.19. The molecule has 140 valence electrons. The van der Waals surface area contributed by atoms with E-state index in [2.05, 4.69) is 55.1 Å². The summed E-state index contributed by atoms with van der Waals surface area (Å²) in [4.78, 5) is 6.46. The SMILES string of the molecule is CN1C=CN(C)C1NNc1ccc(NCCN(CCN)CCN)cc1. The number of hydrazine groups is 1. The van der Waals surface area contributed by atoms with Crippen LogP contribution < -0.4 is 27.6 Å². The Morgan fingerprint density at radius 2 is 1.48 bits per heavy atom. The van der Waals surface area contributed by atoms with Crippen molar-refractivity contribution in [3.8, 4) is 0 Å². The number of anilines is 2.